The zero-order chi connectivity index (χ0) is 17.4. The van der Waals surface area contributed by atoms with Gasteiger partial charge in [0, 0.05) is 24.3 Å². The number of carbonyl (C=O) groups excluding carboxylic acids is 2. The average molecular weight is 334 g/mol. The van der Waals surface area contributed by atoms with E-state index < -0.39 is 0 Å². The smallest absolute Gasteiger partial charge is 0.240 e. The highest BCUT2D eigenvalue weighted by atomic mass is 16.2. The molecule has 2 aliphatic rings. The van der Waals surface area contributed by atoms with Crippen molar-refractivity contribution in [3.63, 3.8) is 0 Å². The molecular weight excluding hydrogens is 304 g/mol. The first-order chi connectivity index (χ1) is 11.6. The first-order valence-electron chi connectivity index (χ1n) is 9.22. The van der Waals surface area contributed by atoms with Crippen LogP contribution in [0.3, 0.4) is 0 Å². The molecule has 0 spiro atoms. The molecule has 0 aliphatic heterocycles. The van der Waals surface area contributed by atoms with Crippen LogP contribution in [0.1, 0.15) is 78.1 Å². The molecule has 24 heavy (non-hydrogen) atoms. The molecule has 2 amide bonds. The Morgan fingerprint density at radius 1 is 0.750 bits per heavy atom. The van der Waals surface area contributed by atoms with Crippen LogP contribution in [-0.2, 0) is 9.59 Å². The molecule has 2 aliphatic carbocycles. The maximum Gasteiger partial charge on any atom is 0.240 e. The lowest BCUT2D eigenvalue weighted by Gasteiger charge is -2.03. The number of hydrazone groups is 2. The monoisotopic (exact) mass is 334 g/mol. The molecule has 2 fully saturated rings. The third-order valence-electron chi connectivity index (χ3n) is 4.61. The van der Waals surface area contributed by atoms with Crippen LogP contribution in [0.5, 0.6) is 0 Å². The molecule has 0 aromatic rings. The molecule has 2 saturated carbocycles. The van der Waals surface area contributed by atoms with E-state index >= 15 is 0 Å². The van der Waals surface area contributed by atoms with Crippen molar-refractivity contribution >= 4 is 23.2 Å². The van der Waals surface area contributed by atoms with E-state index in [9.17, 15) is 9.59 Å². The van der Waals surface area contributed by atoms with Gasteiger partial charge in [-0.25, -0.2) is 10.9 Å². The fraction of sp³-hybridized carbons (Fsp3) is 0.778. The molecule has 0 aromatic carbocycles. The molecule has 6 heteroatoms. The summed E-state index contributed by atoms with van der Waals surface area (Å²) in [5.41, 5.74) is 7.32. The van der Waals surface area contributed by atoms with Crippen LogP contribution in [0.25, 0.3) is 0 Å². The second kappa shape index (κ2) is 9.55. The largest absolute Gasteiger partial charge is 0.273 e. The van der Waals surface area contributed by atoms with Crippen molar-refractivity contribution < 1.29 is 9.59 Å². The summed E-state index contributed by atoms with van der Waals surface area (Å²) in [4.78, 5) is 23.3. The number of unbranched alkanes of at least 4 members (excludes halogenated alkanes) is 3. The van der Waals surface area contributed by atoms with E-state index in [1.54, 1.807) is 0 Å². The number of nitrogens with zero attached hydrogens (tertiary/aromatic N) is 2. The van der Waals surface area contributed by atoms with Gasteiger partial charge in [-0.2, -0.15) is 10.2 Å². The topological polar surface area (TPSA) is 82.9 Å². The summed E-state index contributed by atoms with van der Waals surface area (Å²) in [6.07, 6.45) is 9.38. The molecule has 0 heterocycles. The summed E-state index contributed by atoms with van der Waals surface area (Å²) in [7, 11) is 0. The van der Waals surface area contributed by atoms with Crippen LogP contribution in [-0.4, -0.2) is 23.2 Å². The minimum atomic E-state index is -0.0161. The lowest BCUT2D eigenvalue weighted by atomic mass is 10.1. The zero-order valence-electron chi connectivity index (χ0n) is 14.9. The summed E-state index contributed by atoms with van der Waals surface area (Å²) in [5, 5.41) is 8.25. The Labute approximate surface area is 144 Å². The average Bonchev–Trinajstić information content (AvgIpc) is 3.44. The molecule has 0 bridgehead atoms. The summed E-state index contributed by atoms with van der Waals surface area (Å²) in [6, 6.07) is 0. The SMILES string of the molecule is C/C(=N\NC(=O)CCCCCCC(=O)N/N=C(\C)C1CC1)C1CC1. The summed E-state index contributed by atoms with van der Waals surface area (Å²) in [5.74, 6) is 1.15. The van der Waals surface area contributed by atoms with Gasteiger partial charge in [0.25, 0.3) is 0 Å². The van der Waals surface area contributed by atoms with Gasteiger partial charge in [-0.15, -0.1) is 0 Å². The van der Waals surface area contributed by atoms with Gasteiger partial charge in [0.05, 0.1) is 0 Å². The van der Waals surface area contributed by atoms with Crippen LogP contribution in [0.4, 0.5) is 0 Å². The maximum atomic E-state index is 11.6. The van der Waals surface area contributed by atoms with Crippen molar-refractivity contribution in [2.75, 3.05) is 0 Å². The Bertz CT molecular complexity index is 459. The van der Waals surface area contributed by atoms with E-state index in [-0.39, 0.29) is 11.8 Å². The molecule has 0 aromatic heterocycles. The van der Waals surface area contributed by atoms with Crippen LogP contribution < -0.4 is 10.9 Å². The van der Waals surface area contributed by atoms with Gasteiger partial charge >= 0.3 is 0 Å². The molecule has 0 saturated heterocycles. The van der Waals surface area contributed by atoms with Gasteiger partial charge in [0.15, 0.2) is 0 Å². The Hall–Kier alpha value is -1.72. The Kier molecular flexibility index (Phi) is 7.40. The molecule has 0 atom stereocenters. The highest BCUT2D eigenvalue weighted by molar-refractivity contribution is 5.88. The number of hydrogen-bond acceptors (Lipinski definition) is 4. The third-order valence-corrected chi connectivity index (χ3v) is 4.61. The van der Waals surface area contributed by atoms with Gasteiger partial charge in [-0.3, -0.25) is 9.59 Å². The Morgan fingerprint density at radius 2 is 1.12 bits per heavy atom. The van der Waals surface area contributed by atoms with Crippen LogP contribution >= 0.6 is 0 Å². The number of hydrogen-bond donors (Lipinski definition) is 2. The second-order valence-electron chi connectivity index (χ2n) is 7.04. The van der Waals surface area contributed by atoms with E-state index in [1.807, 2.05) is 13.8 Å². The van der Waals surface area contributed by atoms with Crippen LogP contribution in [0, 0.1) is 11.8 Å². The van der Waals surface area contributed by atoms with Crippen molar-refractivity contribution in [3.8, 4) is 0 Å². The highest BCUT2D eigenvalue weighted by Crippen LogP contribution is 2.30. The number of rotatable bonds is 11. The summed E-state index contributed by atoms with van der Waals surface area (Å²) in [6.45, 7) is 3.94. The van der Waals surface area contributed by atoms with Crippen molar-refractivity contribution in [3.05, 3.63) is 0 Å². The first kappa shape index (κ1) is 18.6. The quantitative estimate of drug-likeness (QED) is 0.346. The van der Waals surface area contributed by atoms with E-state index in [1.165, 1.54) is 25.7 Å². The Morgan fingerprint density at radius 3 is 1.46 bits per heavy atom. The normalized spacial score (nSPS) is 18.4. The van der Waals surface area contributed by atoms with Gasteiger partial charge in [-0.05, 0) is 64.2 Å². The lowest BCUT2D eigenvalue weighted by molar-refractivity contribution is -0.122. The minimum absolute atomic E-state index is 0.0161. The number of carbonyl (C=O) groups is 2. The fourth-order valence-corrected chi connectivity index (χ4v) is 2.52. The predicted octanol–water partition coefficient (Wildman–Crippen LogP) is 3.13. The second-order valence-corrected chi connectivity index (χ2v) is 7.04. The molecule has 2 N–H and O–H groups in total. The van der Waals surface area contributed by atoms with Crippen molar-refractivity contribution in [1.82, 2.24) is 10.9 Å². The maximum absolute atomic E-state index is 11.6. The predicted molar refractivity (Wildman–Crippen MR) is 95.7 cm³/mol. The summed E-state index contributed by atoms with van der Waals surface area (Å²) < 4.78 is 0. The van der Waals surface area contributed by atoms with E-state index in [2.05, 4.69) is 21.1 Å². The van der Waals surface area contributed by atoms with Gasteiger partial charge in [0.1, 0.15) is 0 Å². The van der Waals surface area contributed by atoms with Gasteiger partial charge in [-0.1, -0.05) is 12.8 Å². The fourth-order valence-electron chi connectivity index (χ4n) is 2.52. The third kappa shape index (κ3) is 7.70. The summed E-state index contributed by atoms with van der Waals surface area (Å²) >= 11 is 0. The lowest BCUT2D eigenvalue weighted by Crippen LogP contribution is -2.19. The van der Waals surface area contributed by atoms with Gasteiger partial charge in [0.2, 0.25) is 11.8 Å². The molecule has 6 nitrogen and oxygen atoms in total. The van der Waals surface area contributed by atoms with E-state index in [0.29, 0.717) is 24.7 Å². The number of nitrogens with one attached hydrogen (secondary N) is 2. The zero-order valence-corrected chi connectivity index (χ0v) is 14.9. The standard InChI is InChI=1S/C18H30N4O2/c1-13(15-9-10-15)19-21-17(23)7-5-3-4-6-8-18(24)22-20-14(2)16-11-12-16/h15-16H,3-12H2,1-2H3,(H,21,23)(H,22,24)/b19-13+,20-14+. The van der Waals surface area contributed by atoms with E-state index in [4.69, 9.17) is 0 Å². The highest BCUT2D eigenvalue weighted by Gasteiger charge is 2.25. The molecule has 2 rings (SSSR count). The Balaban J connectivity index is 1.43. The molecule has 134 valence electrons. The van der Waals surface area contributed by atoms with Crippen molar-refractivity contribution in [1.29, 1.82) is 0 Å². The van der Waals surface area contributed by atoms with Gasteiger partial charge < -0.3 is 0 Å². The molecular formula is C18H30N4O2. The first-order valence-corrected chi connectivity index (χ1v) is 9.22. The minimum Gasteiger partial charge on any atom is -0.273 e. The van der Waals surface area contributed by atoms with Crippen LogP contribution in [0.2, 0.25) is 0 Å². The van der Waals surface area contributed by atoms with Crippen molar-refractivity contribution in [2.24, 2.45) is 22.0 Å². The molecule has 0 radical (unpaired) electrons. The van der Waals surface area contributed by atoms with E-state index in [0.717, 1.165) is 37.1 Å². The number of amides is 2. The molecule has 0 unspecified atom stereocenters. The van der Waals surface area contributed by atoms with Crippen molar-refractivity contribution in [2.45, 2.75) is 78.1 Å². The van der Waals surface area contributed by atoms with Crippen LogP contribution in [0.15, 0.2) is 10.2 Å².